The van der Waals surface area contributed by atoms with E-state index in [4.69, 9.17) is 10.2 Å². The Morgan fingerprint density at radius 3 is 2.54 bits per heavy atom. The molecule has 0 radical (unpaired) electrons. The maximum Gasteiger partial charge on any atom is 0.287 e. The maximum atomic E-state index is 12.6. The average molecular weight is 370 g/mol. The van der Waals surface area contributed by atoms with E-state index >= 15 is 0 Å². The van der Waals surface area contributed by atoms with Crippen LogP contribution in [0.25, 0.3) is 11.3 Å². The van der Waals surface area contributed by atoms with Crippen molar-refractivity contribution in [1.29, 1.82) is 0 Å². The van der Waals surface area contributed by atoms with E-state index in [2.05, 4.69) is 14.1 Å². The van der Waals surface area contributed by atoms with E-state index in [0.29, 0.717) is 11.5 Å². The molecule has 26 heavy (non-hydrogen) atoms. The van der Waals surface area contributed by atoms with Crippen LogP contribution in [0.3, 0.4) is 0 Å². The number of carbonyl (C=O) groups is 3. The highest BCUT2D eigenvalue weighted by Crippen LogP contribution is 2.21. The number of amides is 2. The minimum atomic E-state index is -1.16. The number of carbonyl (C=O) groups excluding carboxylic acids is 3. The molecule has 0 saturated heterocycles. The van der Waals surface area contributed by atoms with Crippen molar-refractivity contribution in [2.24, 2.45) is 5.73 Å². The molecule has 0 fully saturated rings. The number of nitrogens with one attached hydrogen (secondary N) is 1. The molecule has 3 rings (SSSR count). The zero-order valence-corrected chi connectivity index (χ0v) is 14.2. The lowest BCUT2D eigenvalue weighted by atomic mass is 10.1. The topological polar surface area (TPSA) is 128 Å². The monoisotopic (exact) mass is 370 g/mol. The van der Waals surface area contributed by atoms with Crippen LogP contribution in [0, 0.1) is 0 Å². The van der Waals surface area contributed by atoms with Gasteiger partial charge in [0.1, 0.15) is 17.5 Å². The largest absolute Gasteiger partial charge is 0.469 e. The van der Waals surface area contributed by atoms with Crippen molar-refractivity contribution in [1.82, 2.24) is 14.1 Å². The Morgan fingerprint density at radius 2 is 1.88 bits per heavy atom. The third kappa shape index (κ3) is 3.83. The Hall–Kier alpha value is -3.33. The summed E-state index contributed by atoms with van der Waals surface area (Å²) in [6, 6.07) is 11.2. The molecular weight excluding hydrogens is 356 g/mol. The van der Waals surface area contributed by atoms with Gasteiger partial charge in [-0.2, -0.15) is 8.75 Å². The van der Waals surface area contributed by atoms with Gasteiger partial charge in [0.05, 0.1) is 18.0 Å². The zero-order valence-electron chi connectivity index (χ0n) is 13.4. The summed E-state index contributed by atoms with van der Waals surface area (Å²) in [7, 11) is 0. The lowest BCUT2D eigenvalue weighted by molar-refractivity contribution is -0.137. The first kappa shape index (κ1) is 17.5. The molecule has 0 aliphatic heterocycles. The Labute approximate surface area is 152 Å². The molecule has 2 heterocycles. The van der Waals surface area contributed by atoms with Gasteiger partial charge in [-0.1, -0.05) is 30.3 Å². The van der Waals surface area contributed by atoms with Crippen LogP contribution in [0.1, 0.15) is 16.2 Å². The summed E-state index contributed by atoms with van der Waals surface area (Å²) in [4.78, 5) is 36.0. The number of aromatic nitrogens is 2. The highest BCUT2D eigenvalue weighted by atomic mass is 32.1. The number of Topliss-reactive ketones (excluding diaryl/α,β-unsaturated/α-hetero) is 1. The third-order valence-electron chi connectivity index (χ3n) is 3.60. The van der Waals surface area contributed by atoms with Gasteiger partial charge < -0.3 is 15.5 Å². The Kier molecular flexibility index (Phi) is 5.18. The predicted molar refractivity (Wildman–Crippen MR) is 93.2 cm³/mol. The van der Waals surface area contributed by atoms with Crippen LogP contribution in [0.5, 0.6) is 0 Å². The lowest BCUT2D eigenvalue weighted by Crippen LogP contribution is -2.47. The van der Waals surface area contributed by atoms with Gasteiger partial charge in [0.15, 0.2) is 5.69 Å². The van der Waals surface area contributed by atoms with Crippen molar-refractivity contribution in [3.05, 3.63) is 60.2 Å². The quantitative estimate of drug-likeness (QED) is 0.601. The Balaban J connectivity index is 1.83. The van der Waals surface area contributed by atoms with E-state index in [-0.39, 0.29) is 12.1 Å². The first-order chi connectivity index (χ1) is 12.6. The molecule has 9 heteroatoms. The van der Waals surface area contributed by atoms with Gasteiger partial charge in [0, 0.05) is 12.0 Å². The van der Waals surface area contributed by atoms with Crippen molar-refractivity contribution in [3.8, 4) is 11.3 Å². The van der Waals surface area contributed by atoms with Crippen molar-refractivity contribution in [2.45, 2.75) is 12.5 Å². The molecule has 1 atom stereocenters. The number of rotatable bonds is 7. The first-order valence-corrected chi connectivity index (χ1v) is 8.34. The molecule has 0 aliphatic carbocycles. The molecule has 0 saturated carbocycles. The fraction of sp³-hybridized carbons (Fsp3) is 0.118. The number of benzene rings is 1. The van der Waals surface area contributed by atoms with Crippen LogP contribution in [0.4, 0.5) is 0 Å². The van der Waals surface area contributed by atoms with Gasteiger partial charge in [0.25, 0.3) is 11.8 Å². The summed E-state index contributed by atoms with van der Waals surface area (Å²) in [6.07, 6.45) is 1.43. The van der Waals surface area contributed by atoms with Gasteiger partial charge in [-0.3, -0.25) is 14.4 Å². The van der Waals surface area contributed by atoms with Gasteiger partial charge in [-0.15, -0.1) is 0 Å². The van der Waals surface area contributed by atoms with E-state index in [1.165, 1.54) is 6.26 Å². The number of furan rings is 1. The minimum absolute atomic E-state index is 0.00124. The molecule has 3 aromatic rings. The number of nitrogens with two attached hydrogens (primary N) is 1. The van der Waals surface area contributed by atoms with Crippen LogP contribution in [-0.2, 0) is 16.0 Å². The first-order valence-electron chi connectivity index (χ1n) is 7.61. The van der Waals surface area contributed by atoms with E-state index < -0.39 is 23.6 Å². The minimum Gasteiger partial charge on any atom is -0.469 e. The van der Waals surface area contributed by atoms with E-state index in [1.54, 1.807) is 24.3 Å². The third-order valence-corrected chi connectivity index (χ3v) is 4.13. The number of hydrogen-bond donors (Lipinski definition) is 2. The van der Waals surface area contributed by atoms with E-state index in [9.17, 15) is 14.4 Å². The molecule has 2 aromatic heterocycles. The van der Waals surface area contributed by atoms with Gasteiger partial charge >= 0.3 is 0 Å². The summed E-state index contributed by atoms with van der Waals surface area (Å²) in [5, 5.41) is 2.50. The molecular formula is C17H14N4O4S. The van der Waals surface area contributed by atoms with Gasteiger partial charge in [-0.25, -0.2) is 0 Å². The number of nitrogens with zero attached hydrogens (tertiary/aromatic N) is 2. The number of primary amides is 1. The highest BCUT2D eigenvalue weighted by molar-refractivity contribution is 6.99. The fourth-order valence-electron chi connectivity index (χ4n) is 2.36. The average Bonchev–Trinajstić information content (AvgIpc) is 3.32. The highest BCUT2D eigenvalue weighted by Gasteiger charge is 2.28. The van der Waals surface area contributed by atoms with Crippen LogP contribution >= 0.6 is 11.7 Å². The smallest absolute Gasteiger partial charge is 0.287 e. The summed E-state index contributed by atoms with van der Waals surface area (Å²) in [5.74, 6) is -2.24. The summed E-state index contributed by atoms with van der Waals surface area (Å²) in [5.41, 5.74) is 6.27. The molecule has 0 aliphatic rings. The van der Waals surface area contributed by atoms with Crippen LogP contribution in [0.15, 0.2) is 53.1 Å². The fourth-order valence-corrected chi connectivity index (χ4v) is 2.93. The molecule has 2 amide bonds. The van der Waals surface area contributed by atoms with Gasteiger partial charge in [0.2, 0.25) is 5.78 Å². The Bertz CT molecular complexity index is 921. The molecule has 8 nitrogen and oxygen atoms in total. The van der Waals surface area contributed by atoms with Crippen molar-refractivity contribution in [3.63, 3.8) is 0 Å². The van der Waals surface area contributed by atoms with E-state index in [0.717, 1.165) is 17.3 Å². The molecule has 1 unspecified atom stereocenters. The lowest BCUT2D eigenvalue weighted by Gasteiger charge is -2.14. The van der Waals surface area contributed by atoms with Crippen molar-refractivity contribution >= 4 is 29.3 Å². The number of hydrogen-bond acceptors (Lipinski definition) is 7. The second-order valence-electron chi connectivity index (χ2n) is 5.37. The predicted octanol–water partition coefficient (Wildman–Crippen LogP) is 1.19. The SMILES string of the molecule is NC(=O)C(=O)C(Cc1ccco1)NC(=O)c1nsnc1-c1ccccc1. The van der Waals surface area contributed by atoms with Crippen LogP contribution in [-0.4, -0.2) is 32.4 Å². The van der Waals surface area contributed by atoms with Gasteiger partial charge in [-0.05, 0) is 12.1 Å². The standard InChI is InChI=1S/C17H14N4O4S/c18-16(23)15(22)12(9-11-7-4-8-25-11)19-17(24)14-13(20-26-21-14)10-5-2-1-3-6-10/h1-8,12H,9H2,(H2,18,23)(H,19,24). The van der Waals surface area contributed by atoms with E-state index in [1.807, 2.05) is 18.2 Å². The molecule has 0 bridgehead atoms. The molecule has 3 N–H and O–H groups in total. The van der Waals surface area contributed by atoms with Crippen LogP contribution in [0.2, 0.25) is 0 Å². The second-order valence-corrected chi connectivity index (χ2v) is 5.89. The summed E-state index contributed by atoms with van der Waals surface area (Å²) in [6.45, 7) is 0. The summed E-state index contributed by atoms with van der Waals surface area (Å²) >= 11 is 0.881. The molecule has 132 valence electrons. The maximum absolute atomic E-state index is 12.6. The van der Waals surface area contributed by atoms with Crippen molar-refractivity contribution in [2.75, 3.05) is 0 Å². The van der Waals surface area contributed by atoms with Crippen LogP contribution < -0.4 is 11.1 Å². The zero-order chi connectivity index (χ0) is 18.5. The van der Waals surface area contributed by atoms with Crippen molar-refractivity contribution < 1.29 is 18.8 Å². The molecule has 1 aromatic carbocycles. The normalized spacial score (nSPS) is 11.7. The second kappa shape index (κ2) is 7.70. The number of ketones is 1. The Morgan fingerprint density at radius 1 is 1.12 bits per heavy atom. The summed E-state index contributed by atoms with van der Waals surface area (Å²) < 4.78 is 13.3. The molecule has 0 spiro atoms.